The van der Waals surface area contributed by atoms with E-state index in [1.165, 1.54) is 39.9 Å². The molecule has 3 aromatic heterocycles. The molecule has 6 rings (SSSR count). The SMILES string of the molecule is N#Cc1ccc(S(=O)(=O)N2CCC[C@@H](Nc3nccc(-c4c(-c5cccc(O)c5)nc5sccn45)n3)C2)cc1. The fourth-order valence-corrected chi connectivity index (χ4v) is 6.99. The lowest BCUT2D eigenvalue weighted by Gasteiger charge is -2.32. The summed E-state index contributed by atoms with van der Waals surface area (Å²) in [6.07, 6.45) is 5.04. The van der Waals surface area contributed by atoms with Gasteiger partial charge in [0.2, 0.25) is 16.0 Å². The highest BCUT2D eigenvalue weighted by molar-refractivity contribution is 7.89. The maximum absolute atomic E-state index is 13.2. The summed E-state index contributed by atoms with van der Waals surface area (Å²) in [5, 5.41) is 24.3. The van der Waals surface area contributed by atoms with Gasteiger partial charge in [0, 0.05) is 42.5 Å². The smallest absolute Gasteiger partial charge is 0.243 e. The molecule has 39 heavy (non-hydrogen) atoms. The van der Waals surface area contributed by atoms with E-state index >= 15 is 0 Å². The van der Waals surface area contributed by atoms with Crippen molar-refractivity contribution in [2.75, 3.05) is 18.4 Å². The van der Waals surface area contributed by atoms with Crippen LogP contribution in [0.15, 0.2) is 77.3 Å². The number of aromatic hydroxyl groups is 1. The lowest BCUT2D eigenvalue weighted by Crippen LogP contribution is -2.45. The van der Waals surface area contributed by atoms with Gasteiger partial charge in [-0.25, -0.2) is 23.4 Å². The van der Waals surface area contributed by atoms with Crippen molar-refractivity contribution in [2.24, 2.45) is 0 Å². The Morgan fingerprint density at radius 2 is 1.97 bits per heavy atom. The van der Waals surface area contributed by atoms with Gasteiger partial charge in [-0.2, -0.15) is 9.57 Å². The van der Waals surface area contributed by atoms with E-state index in [4.69, 9.17) is 15.2 Å². The van der Waals surface area contributed by atoms with Gasteiger partial charge < -0.3 is 10.4 Å². The molecule has 0 aliphatic carbocycles. The third-order valence-corrected chi connectivity index (χ3v) is 9.25. The first-order valence-corrected chi connectivity index (χ1v) is 14.6. The van der Waals surface area contributed by atoms with E-state index in [9.17, 15) is 13.5 Å². The van der Waals surface area contributed by atoms with E-state index in [1.807, 2.05) is 28.1 Å². The van der Waals surface area contributed by atoms with Crippen molar-refractivity contribution in [1.82, 2.24) is 23.7 Å². The Labute approximate surface area is 228 Å². The first-order chi connectivity index (χ1) is 18.9. The Kier molecular flexibility index (Phi) is 6.48. The summed E-state index contributed by atoms with van der Waals surface area (Å²) < 4.78 is 29.9. The Balaban J connectivity index is 1.27. The van der Waals surface area contributed by atoms with Gasteiger partial charge >= 0.3 is 0 Å². The van der Waals surface area contributed by atoms with Gasteiger partial charge in [0.1, 0.15) is 11.4 Å². The zero-order valence-corrected chi connectivity index (χ0v) is 22.2. The molecular formula is C27H23N7O3S2. The summed E-state index contributed by atoms with van der Waals surface area (Å²) in [5.74, 6) is 0.541. The molecule has 196 valence electrons. The molecule has 0 bridgehead atoms. The molecule has 1 saturated heterocycles. The molecule has 1 aliphatic rings. The van der Waals surface area contributed by atoms with Gasteiger partial charge in [-0.05, 0) is 55.3 Å². The van der Waals surface area contributed by atoms with E-state index in [-0.39, 0.29) is 23.2 Å². The number of sulfonamides is 1. The lowest BCUT2D eigenvalue weighted by molar-refractivity contribution is 0.326. The standard InChI is InChI=1S/C27H23N7O3S2/c28-16-18-6-8-22(9-7-18)39(36,37)33-12-2-4-20(17-33)30-26-29-11-10-23(31-26)25-24(19-3-1-5-21(35)15-19)32-27-34(25)13-14-38-27/h1,3,5-11,13-15,20,35H,2,4,12,17H2,(H,29,30,31)/t20-/m1/s1. The van der Waals surface area contributed by atoms with Crippen molar-refractivity contribution < 1.29 is 13.5 Å². The van der Waals surface area contributed by atoms with Crippen molar-refractivity contribution in [3.8, 4) is 34.5 Å². The molecule has 2 N–H and O–H groups in total. The van der Waals surface area contributed by atoms with E-state index in [0.29, 0.717) is 35.9 Å². The van der Waals surface area contributed by atoms with Crippen LogP contribution in [0.4, 0.5) is 5.95 Å². The van der Waals surface area contributed by atoms with Gasteiger partial charge in [-0.1, -0.05) is 12.1 Å². The van der Waals surface area contributed by atoms with E-state index in [0.717, 1.165) is 22.6 Å². The monoisotopic (exact) mass is 557 g/mol. The minimum absolute atomic E-state index is 0.151. The summed E-state index contributed by atoms with van der Waals surface area (Å²) in [7, 11) is -3.70. The molecule has 1 fully saturated rings. The molecule has 12 heteroatoms. The third kappa shape index (κ3) is 4.83. The summed E-state index contributed by atoms with van der Waals surface area (Å²) in [6, 6.07) is 16.5. The number of imidazole rings is 1. The number of thiazole rings is 1. The highest BCUT2D eigenvalue weighted by atomic mass is 32.2. The number of fused-ring (bicyclic) bond motifs is 1. The number of nitriles is 1. The minimum atomic E-state index is -3.70. The molecule has 1 atom stereocenters. The molecule has 5 aromatic rings. The number of phenols is 1. The fourth-order valence-electron chi connectivity index (χ4n) is 4.76. The van der Waals surface area contributed by atoms with Gasteiger partial charge in [0.25, 0.3) is 0 Å². The second-order valence-corrected chi connectivity index (χ2v) is 12.0. The number of rotatable bonds is 6. The molecule has 0 radical (unpaired) electrons. The Morgan fingerprint density at radius 3 is 2.77 bits per heavy atom. The van der Waals surface area contributed by atoms with Crippen LogP contribution in [-0.2, 0) is 10.0 Å². The molecule has 1 aliphatic heterocycles. The lowest BCUT2D eigenvalue weighted by atomic mass is 10.1. The second kappa shape index (κ2) is 10.1. The first kappa shape index (κ1) is 25.0. The van der Waals surface area contributed by atoms with Crippen LogP contribution < -0.4 is 5.32 Å². The van der Waals surface area contributed by atoms with Gasteiger partial charge in [-0.15, -0.1) is 11.3 Å². The summed E-state index contributed by atoms with van der Waals surface area (Å²) >= 11 is 1.50. The number of piperidine rings is 1. The number of nitrogens with zero attached hydrogens (tertiary/aromatic N) is 6. The maximum Gasteiger partial charge on any atom is 0.243 e. The normalized spacial score (nSPS) is 16.2. The van der Waals surface area contributed by atoms with Crippen LogP contribution in [0.25, 0.3) is 27.6 Å². The predicted octanol–water partition coefficient (Wildman–Crippen LogP) is 4.36. The van der Waals surface area contributed by atoms with Gasteiger partial charge in [0.15, 0.2) is 4.96 Å². The van der Waals surface area contributed by atoms with Crippen molar-refractivity contribution in [2.45, 2.75) is 23.8 Å². The number of hydrogen-bond acceptors (Lipinski definition) is 9. The summed E-state index contributed by atoms with van der Waals surface area (Å²) in [5.41, 5.74) is 3.30. The maximum atomic E-state index is 13.2. The number of aromatic nitrogens is 4. The van der Waals surface area contributed by atoms with Crippen LogP contribution in [0.2, 0.25) is 0 Å². The van der Waals surface area contributed by atoms with E-state index in [2.05, 4.69) is 10.3 Å². The average molecular weight is 558 g/mol. The minimum Gasteiger partial charge on any atom is -0.508 e. The molecule has 0 saturated carbocycles. The van der Waals surface area contributed by atoms with Crippen LogP contribution >= 0.6 is 11.3 Å². The van der Waals surface area contributed by atoms with Gasteiger partial charge in [0.05, 0.1) is 27.9 Å². The topological polar surface area (TPSA) is 137 Å². The molecule has 2 aromatic carbocycles. The Hall–Kier alpha value is -4.31. The van der Waals surface area contributed by atoms with Crippen LogP contribution in [0, 0.1) is 11.3 Å². The molecule has 0 spiro atoms. The van der Waals surface area contributed by atoms with Crippen LogP contribution in [-0.4, -0.2) is 56.3 Å². The zero-order valence-electron chi connectivity index (χ0n) is 20.6. The number of phenolic OH excluding ortho intramolecular Hbond substituents is 1. The van der Waals surface area contributed by atoms with Crippen LogP contribution in [0.5, 0.6) is 5.75 Å². The van der Waals surface area contributed by atoms with E-state index < -0.39 is 10.0 Å². The second-order valence-electron chi connectivity index (χ2n) is 9.16. The first-order valence-electron chi connectivity index (χ1n) is 12.3. The van der Waals surface area contributed by atoms with E-state index in [1.54, 1.807) is 30.5 Å². The third-order valence-electron chi connectivity index (χ3n) is 6.62. The fraction of sp³-hybridized carbons (Fsp3) is 0.185. The molecular weight excluding hydrogens is 534 g/mol. The quantitative estimate of drug-likeness (QED) is 0.314. The Morgan fingerprint density at radius 1 is 1.13 bits per heavy atom. The number of anilines is 1. The zero-order chi connectivity index (χ0) is 27.0. The Bertz CT molecular complexity index is 1810. The van der Waals surface area contributed by atoms with Crippen molar-refractivity contribution in [3.05, 3.63) is 77.9 Å². The summed E-state index contributed by atoms with van der Waals surface area (Å²) in [4.78, 5) is 14.9. The number of hydrogen-bond donors (Lipinski definition) is 2. The highest BCUT2D eigenvalue weighted by Gasteiger charge is 2.30. The summed E-state index contributed by atoms with van der Waals surface area (Å²) in [6.45, 7) is 0.687. The highest BCUT2D eigenvalue weighted by Crippen LogP contribution is 2.35. The molecule has 0 unspecified atom stereocenters. The average Bonchev–Trinajstić information content (AvgIpc) is 3.55. The molecule has 0 amide bonds. The largest absolute Gasteiger partial charge is 0.508 e. The van der Waals surface area contributed by atoms with Crippen molar-refractivity contribution >= 4 is 32.3 Å². The molecule has 4 heterocycles. The number of nitrogens with one attached hydrogen (secondary N) is 1. The van der Waals surface area contributed by atoms with Gasteiger partial charge in [-0.3, -0.25) is 4.40 Å². The van der Waals surface area contributed by atoms with Crippen molar-refractivity contribution in [3.63, 3.8) is 0 Å². The van der Waals surface area contributed by atoms with Crippen LogP contribution in [0.1, 0.15) is 18.4 Å². The van der Waals surface area contributed by atoms with Crippen LogP contribution in [0.3, 0.4) is 0 Å². The van der Waals surface area contributed by atoms with Crippen molar-refractivity contribution in [1.29, 1.82) is 5.26 Å². The number of benzene rings is 2. The molecule has 10 nitrogen and oxygen atoms in total. The predicted molar refractivity (Wildman–Crippen MR) is 148 cm³/mol.